The molecule has 0 saturated carbocycles. The summed E-state index contributed by atoms with van der Waals surface area (Å²) in [6, 6.07) is 8.94. The van der Waals surface area contributed by atoms with E-state index in [4.69, 9.17) is 8.75 Å². The van der Waals surface area contributed by atoms with E-state index >= 15 is 0 Å². The molecule has 0 aliphatic heterocycles. The number of hydrogen-bond donors (Lipinski definition) is 0. The van der Waals surface area contributed by atoms with Gasteiger partial charge < -0.3 is 0 Å². The van der Waals surface area contributed by atoms with Crippen LogP contribution in [0.2, 0.25) is 0 Å². The maximum Gasteiger partial charge on any atom is 0.160 e. The molecule has 0 bridgehead atoms. The van der Waals surface area contributed by atoms with Crippen LogP contribution in [0.1, 0.15) is 92.9 Å². The van der Waals surface area contributed by atoms with Crippen LogP contribution in [0.3, 0.4) is 0 Å². The molecule has 186 valence electrons. The zero-order chi connectivity index (χ0) is 24.6. The molecule has 0 radical (unpaired) electrons. The molecule has 3 heterocycles. The number of thiophene rings is 2. The maximum atomic E-state index is 11.9. The van der Waals surface area contributed by atoms with Crippen molar-refractivity contribution >= 4 is 51.7 Å². The highest BCUT2D eigenvalue weighted by Crippen LogP contribution is 2.40. The zero-order valence-electron chi connectivity index (χ0n) is 21.1. The highest BCUT2D eigenvalue weighted by molar-refractivity contribution is 7.17. The first-order valence-corrected chi connectivity index (χ1v) is 15.5. The first-order chi connectivity index (χ1) is 17.2. The molecule has 4 rings (SSSR count). The number of aryl methyl sites for hydroxylation is 1. The third-order valence-electron chi connectivity index (χ3n) is 6.92. The Morgan fingerprint density at radius 2 is 1.66 bits per heavy atom. The Labute approximate surface area is 222 Å². The van der Waals surface area contributed by atoms with E-state index in [9.17, 15) is 4.79 Å². The molecule has 35 heavy (non-hydrogen) atoms. The van der Waals surface area contributed by atoms with Crippen LogP contribution >= 0.6 is 34.4 Å². The van der Waals surface area contributed by atoms with Crippen molar-refractivity contribution in [3.05, 3.63) is 45.6 Å². The third-order valence-corrected chi connectivity index (χ3v) is 9.60. The van der Waals surface area contributed by atoms with Crippen LogP contribution in [0.25, 0.3) is 31.9 Å². The lowest BCUT2D eigenvalue weighted by molar-refractivity contribution is 0.112. The second kappa shape index (κ2) is 12.9. The highest BCUT2D eigenvalue weighted by Gasteiger charge is 2.19. The molecule has 3 nitrogen and oxygen atoms in total. The van der Waals surface area contributed by atoms with Gasteiger partial charge in [0.2, 0.25) is 0 Å². The second-order valence-electron chi connectivity index (χ2n) is 9.49. The largest absolute Gasteiger partial charge is 0.297 e. The normalized spacial score (nSPS) is 12.4. The Bertz CT molecular complexity index is 1240. The van der Waals surface area contributed by atoms with E-state index in [0.29, 0.717) is 5.92 Å². The van der Waals surface area contributed by atoms with Crippen molar-refractivity contribution in [1.82, 2.24) is 8.75 Å². The lowest BCUT2D eigenvalue weighted by Crippen LogP contribution is -2.04. The van der Waals surface area contributed by atoms with Gasteiger partial charge in [-0.3, -0.25) is 4.79 Å². The van der Waals surface area contributed by atoms with Crippen LogP contribution in [0.4, 0.5) is 0 Å². The van der Waals surface area contributed by atoms with Crippen molar-refractivity contribution in [2.24, 2.45) is 5.92 Å². The predicted molar refractivity (Wildman–Crippen MR) is 154 cm³/mol. The summed E-state index contributed by atoms with van der Waals surface area (Å²) in [5.74, 6) is 0.634. The summed E-state index contributed by atoms with van der Waals surface area (Å²) in [4.78, 5) is 15.2. The van der Waals surface area contributed by atoms with Crippen LogP contribution in [0.15, 0.2) is 29.6 Å². The van der Waals surface area contributed by atoms with Crippen molar-refractivity contribution in [3.8, 4) is 20.9 Å². The zero-order valence-corrected chi connectivity index (χ0v) is 23.6. The van der Waals surface area contributed by atoms with Gasteiger partial charge in [-0.2, -0.15) is 8.75 Å². The van der Waals surface area contributed by atoms with E-state index in [1.807, 2.05) is 0 Å². The number of carbonyl (C=O) groups excluding carboxylic acids is 1. The maximum absolute atomic E-state index is 11.9. The molecule has 0 spiro atoms. The van der Waals surface area contributed by atoms with E-state index in [0.717, 1.165) is 51.9 Å². The smallest absolute Gasteiger partial charge is 0.160 e. The van der Waals surface area contributed by atoms with E-state index in [1.165, 1.54) is 78.2 Å². The molecule has 0 aliphatic carbocycles. The Kier molecular flexibility index (Phi) is 9.64. The summed E-state index contributed by atoms with van der Waals surface area (Å²) >= 11 is 4.68. The monoisotopic (exact) mass is 524 g/mol. The number of carbonyl (C=O) groups is 1. The summed E-state index contributed by atoms with van der Waals surface area (Å²) < 4.78 is 9.39. The summed E-state index contributed by atoms with van der Waals surface area (Å²) in [5, 5.41) is 2.30. The lowest BCUT2D eigenvalue weighted by Gasteiger charge is -2.13. The molecule has 1 unspecified atom stereocenters. The van der Waals surface area contributed by atoms with Gasteiger partial charge in [0.25, 0.3) is 0 Å². The summed E-state index contributed by atoms with van der Waals surface area (Å²) in [5.41, 5.74) is 6.80. The van der Waals surface area contributed by atoms with E-state index in [2.05, 4.69) is 50.4 Å². The molecule has 3 aromatic heterocycles. The topological polar surface area (TPSA) is 42.9 Å². The van der Waals surface area contributed by atoms with Gasteiger partial charge in [-0.15, -0.1) is 22.7 Å². The highest BCUT2D eigenvalue weighted by atomic mass is 32.1. The fraction of sp³-hybridized carbons (Fsp3) is 0.483. The number of hydrogen-bond acceptors (Lipinski definition) is 6. The van der Waals surface area contributed by atoms with Gasteiger partial charge >= 0.3 is 0 Å². The van der Waals surface area contributed by atoms with Crippen LogP contribution < -0.4 is 0 Å². The number of nitrogens with zero attached hydrogens (tertiary/aromatic N) is 2. The van der Waals surface area contributed by atoms with Crippen molar-refractivity contribution < 1.29 is 4.79 Å². The third kappa shape index (κ3) is 6.28. The van der Waals surface area contributed by atoms with Crippen molar-refractivity contribution in [2.45, 2.75) is 85.0 Å². The van der Waals surface area contributed by atoms with Crippen LogP contribution in [-0.4, -0.2) is 15.0 Å². The Morgan fingerprint density at radius 1 is 0.914 bits per heavy atom. The van der Waals surface area contributed by atoms with Gasteiger partial charge in [0.15, 0.2) is 6.29 Å². The first-order valence-electron chi connectivity index (χ1n) is 13.1. The molecule has 0 fully saturated rings. The number of aromatic nitrogens is 2. The van der Waals surface area contributed by atoms with Gasteiger partial charge in [-0.25, -0.2) is 0 Å². The van der Waals surface area contributed by atoms with Crippen LogP contribution in [0, 0.1) is 5.92 Å². The Hall–Kier alpha value is -1.89. The molecule has 0 aliphatic rings. The molecule has 0 amide bonds. The minimum Gasteiger partial charge on any atom is -0.297 e. The van der Waals surface area contributed by atoms with E-state index in [-0.39, 0.29) is 0 Å². The molecule has 0 N–H and O–H groups in total. The quantitative estimate of drug-likeness (QED) is 0.122. The van der Waals surface area contributed by atoms with E-state index < -0.39 is 0 Å². The fourth-order valence-electron chi connectivity index (χ4n) is 4.76. The molecule has 0 saturated heterocycles. The standard InChI is InChI=1S/C29H36N2OS3/c1-4-7-9-10-12-21-16-25(33-19-21)23-13-14-24(29-28(23)30-35-31-29)26-17-22(27(18-32)34-26)15-20(6-3)11-8-5-2/h13-14,16-20H,4-12,15H2,1-3H3. The van der Waals surface area contributed by atoms with Crippen molar-refractivity contribution in [2.75, 3.05) is 0 Å². The van der Waals surface area contributed by atoms with Gasteiger partial charge in [-0.05, 0) is 53.8 Å². The van der Waals surface area contributed by atoms with Gasteiger partial charge in [0.05, 0.1) is 16.6 Å². The lowest BCUT2D eigenvalue weighted by atomic mass is 9.92. The van der Waals surface area contributed by atoms with Crippen LogP contribution in [-0.2, 0) is 12.8 Å². The average Bonchev–Trinajstić information content (AvgIpc) is 3.63. The van der Waals surface area contributed by atoms with E-state index in [1.54, 1.807) is 22.7 Å². The number of benzene rings is 1. The van der Waals surface area contributed by atoms with Crippen LogP contribution in [0.5, 0.6) is 0 Å². The number of fused-ring (bicyclic) bond motifs is 1. The molecular weight excluding hydrogens is 489 g/mol. The minimum absolute atomic E-state index is 0.634. The fourth-order valence-corrected chi connectivity index (χ4v) is 7.34. The summed E-state index contributed by atoms with van der Waals surface area (Å²) in [7, 11) is 0. The molecule has 1 aromatic carbocycles. The molecule has 6 heteroatoms. The molecule has 4 aromatic rings. The average molecular weight is 525 g/mol. The first kappa shape index (κ1) is 26.2. The second-order valence-corrected chi connectivity index (χ2v) is 12.0. The molecule has 1 atom stereocenters. The minimum atomic E-state index is 0.634. The predicted octanol–water partition coefficient (Wildman–Crippen LogP) is 9.84. The summed E-state index contributed by atoms with van der Waals surface area (Å²) in [6.45, 7) is 6.76. The van der Waals surface area contributed by atoms with Crippen molar-refractivity contribution in [1.29, 1.82) is 0 Å². The van der Waals surface area contributed by atoms with Crippen molar-refractivity contribution in [3.63, 3.8) is 0 Å². The number of aldehydes is 1. The summed E-state index contributed by atoms with van der Waals surface area (Å²) in [6.07, 6.45) is 13.2. The SMILES string of the molecule is CCCCCCc1csc(-c2ccc(-c3cc(CC(CC)CCCC)c(C=O)s3)c3nsnc23)c1. The van der Waals surface area contributed by atoms with Gasteiger partial charge in [0.1, 0.15) is 11.0 Å². The van der Waals surface area contributed by atoms with Gasteiger partial charge in [0, 0.05) is 20.9 Å². The number of unbranched alkanes of at least 4 members (excludes halogenated alkanes) is 4. The molecular formula is C29H36N2OS3. The van der Waals surface area contributed by atoms with Gasteiger partial charge in [-0.1, -0.05) is 77.8 Å². The number of rotatable bonds is 14. The Balaban J connectivity index is 1.60. The Morgan fingerprint density at radius 3 is 2.34 bits per heavy atom.